The minimum Gasteiger partial charge on any atom is -0.346 e. The third kappa shape index (κ3) is 2.87. The zero-order valence-corrected chi connectivity index (χ0v) is 8.26. The maximum absolute atomic E-state index is 13.2. The molecular weight excluding hydrogens is 200 g/mol. The number of benzene rings is 1. The van der Waals surface area contributed by atoms with E-state index in [2.05, 4.69) is 11.9 Å². The molecule has 0 saturated carbocycles. The average molecular weight is 211 g/mol. The van der Waals surface area contributed by atoms with E-state index in [-0.39, 0.29) is 5.56 Å². The number of carbonyl (C=O) groups excluding carboxylic acids is 1. The third-order valence-electron chi connectivity index (χ3n) is 1.97. The molecule has 1 atom stereocenters. The molecule has 1 N–H and O–H groups in total. The molecular formula is C11H11F2NO. The fourth-order valence-electron chi connectivity index (χ4n) is 1.20. The molecule has 2 nitrogen and oxygen atoms in total. The van der Waals surface area contributed by atoms with E-state index < -0.39 is 23.6 Å². The van der Waals surface area contributed by atoms with Gasteiger partial charge in [-0.2, -0.15) is 0 Å². The van der Waals surface area contributed by atoms with Crippen LogP contribution in [0, 0.1) is 11.6 Å². The SMILES string of the molecule is C=CC(=O)N[C@@H](C)c1ccc(F)cc1F. The zero-order chi connectivity index (χ0) is 11.4. The normalized spacial score (nSPS) is 11.9. The lowest BCUT2D eigenvalue weighted by atomic mass is 10.1. The van der Waals surface area contributed by atoms with Crippen LogP contribution in [-0.4, -0.2) is 5.91 Å². The lowest BCUT2D eigenvalue weighted by Gasteiger charge is -2.13. The minimum absolute atomic E-state index is 0.242. The second kappa shape index (κ2) is 4.68. The summed E-state index contributed by atoms with van der Waals surface area (Å²) < 4.78 is 25.8. The Labute approximate surface area is 86.6 Å². The highest BCUT2D eigenvalue weighted by Gasteiger charge is 2.12. The molecule has 0 spiro atoms. The van der Waals surface area contributed by atoms with Gasteiger partial charge in [-0.3, -0.25) is 4.79 Å². The van der Waals surface area contributed by atoms with Crippen LogP contribution < -0.4 is 5.32 Å². The minimum atomic E-state index is -0.674. The molecule has 0 heterocycles. The van der Waals surface area contributed by atoms with Crippen LogP contribution in [0.15, 0.2) is 30.9 Å². The smallest absolute Gasteiger partial charge is 0.243 e. The van der Waals surface area contributed by atoms with Crippen molar-refractivity contribution < 1.29 is 13.6 Å². The van der Waals surface area contributed by atoms with E-state index >= 15 is 0 Å². The second-order valence-electron chi connectivity index (χ2n) is 3.10. The van der Waals surface area contributed by atoms with Gasteiger partial charge in [-0.15, -0.1) is 0 Å². The molecule has 0 aromatic heterocycles. The highest BCUT2D eigenvalue weighted by Crippen LogP contribution is 2.17. The molecule has 15 heavy (non-hydrogen) atoms. The molecule has 0 bridgehead atoms. The number of carbonyl (C=O) groups is 1. The Balaban J connectivity index is 2.86. The van der Waals surface area contributed by atoms with Crippen molar-refractivity contribution in [2.75, 3.05) is 0 Å². The Morgan fingerprint density at radius 3 is 2.73 bits per heavy atom. The average Bonchev–Trinajstić information content (AvgIpc) is 2.17. The fraction of sp³-hybridized carbons (Fsp3) is 0.182. The first kappa shape index (κ1) is 11.4. The van der Waals surface area contributed by atoms with Crippen LogP contribution in [0.4, 0.5) is 8.78 Å². The van der Waals surface area contributed by atoms with Gasteiger partial charge in [0.15, 0.2) is 0 Å². The quantitative estimate of drug-likeness (QED) is 0.764. The maximum atomic E-state index is 13.2. The first-order valence-corrected chi connectivity index (χ1v) is 4.42. The van der Waals surface area contributed by atoms with Gasteiger partial charge in [-0.05, 0) is 19.1 Å². The number of nitrogens with one attached hydrogen (secondary N) is 1. The summed E-state index contributed by atoms with van der Waals surface area (Å²) in [6.07, 6.45) is 1.10. The summed E-state index contributed by atoms with van der Waals surface area (Å²) in [5.41, 5.74) is 0.242. The van der Waals surface area contributed by atoms with Crippen LogP contribution in [0.2, 0.25) is 0 Å². The predicted molar refractivity (Wildman–Crippen MR) is 53.1 cm³/mol. The van der Waals surface area contributed by atoms with E-state index in [1.54, 1.807) is 6.92 Å². The van der Waals surface area contributed by atoms with Crippen molar-refractivity contribution in [3.05, 3.63) is 48.1 Å². The van der Waals surface area contributed by atoms with Gasteiger partial charge in [0.1, 0.15) is 11.6 Å². The summed E-state index contributed by atoms with van der Waals surface area (Å²) in [7, 11) is 0. The molecule has 80 valence electrons. The van der Waals surface area contributed by atoms with Crippen LogP contribution in [0.3, 0.4) is 0 Å². The lowest BCUT2D eigenvalue weighted by Crippen LogP contribution is -2.25. The summed E-state index contributed by atoms with van der Waals surface area (Å²) in [4.78, 5) is 10.9. The van der Waals surface area contributed by atoms with Gasteiger partial charge in [0.25, 0.3) is 0 Å². The van der Waals surface area contributed by atoms with E-state index in [4.69, 9.17) is 0 Å². The zero-order valence-electron chi connectivity index (χ0n) is 8.26. The number of rotatable bonds is 3. The number of halogens is 2. The van der Waals surface area contributed by atoms with Crippen LogP contribution in [0.5, 0.6) is 0 Å². The molecule has 1 rings (SSSR count). The molecule has 0 aliphatic rings. The molecule has 1 aromatic carbocycles. The standard InChI is InChI=1S/C11H11F2NO/c1-3-11(15)14-7(2)9-5-4-8(12)6-10(9)13/h3-7H,1H2,2H3,(H,14,15)/t7-/m0/s1. The van der Waals surface area contributed by atoms with Gasteiger partial charge < -0.3 is 5.32 Å². The fourth-order valence-corrected chi connectivity index (χ4v) is 1.20. The Kier molecular flexibility index (Phi) is 3.55. The molecule has 0 unspecified atom stereocenters. The number of amides is 1. The van der Waals surface area contributed by atoms with Gasteiger partial charge in [-0.1, -0.05) is 12.6 Å². The molecule has 1 aromatic rings. The molecule has 1 amide bonds. The van der Waals surface area contributed by atoms with E-state index in [0.717, 1.165) is 18.2 Å². The third-order valence-corrected chi connectivity index (χ3v) is 1.97. The van der Waals surface area contributed by atoms with E-state index in [0.29, 0.717) is 0 Å². The van der Waals surface area contributed by atoms with E-state index in [9.17, 15) is 13.6 Å². The van der Waals surface area contributed by atoms with Gasteiger partial charge in [0, 0.05) is 11.6 Å². The molecule has 0 radical (unpaired) electrons. The van der Waals surface area contributed by atoms with Gasteiger partial charge in [0.2, 0.25) is 5.91 Å². The van der Waals surface area contributed by atoms with Crippen molar-refractivity contribution in [1.82, 2.24) is 5.32 Å². The molecule has 4 heteroatoms. The van der Waals surface area contributed by atoms with Crippen molar-refractivity contribution in [3.63, 3.8) is 0 Å². The first-order chi connectivity index (χ1) is 7.04. The van der Waals surface area contributed by atoms with Crippen molar-refractivity contribution in [1.29, 1.82) is 0 Å². The van der Waals surface area contributed by atoms with Crippen LogP contribution >= 0.6 is 0 Å². The molecule has 0 aliphatic heterocycles. The van der Waals surface area contributed by atoms with Crippen molar-refractivity contribution in [3.8, 4) is 0 Å². The summed E-state index contributed by atoms with van der Waals surface area (Å²) in [5, 5.41) is 2.49. The van der Waals surface area contributed by atoms with Gasteiger partial charge >= 0.3 is 0 Å². The maximum Gasteiger partial charge on any atom is 0.243 e. The van der Waals surface area contributed by atoms with Crippen LogP contribution in [-0.2, 0) is 4.79 Å². The van der Waals surface area contributed by atoms with E-state index in [1.165, 1.54) is 6.07 Å². The topological polar surface area (TPSA) is 29.1 Å². The van der Waals surface area contributed by atoms with Crippen molar-refractivity contribution >= 4 is 5.91 Å². The largest absolute Gasteiger partial charge is 0.346 e. The molecule has 0 aliphatic carbocycles. The Bertz CT molecular complexity index is 390. The first-order valence-electron chi connectivity index (χ1n) is 4.42. The second-order valence-corrected chi connectivity index (χ2v) is 3.10. The molecule has 0 saturated heterocycles. The van der Waals surface area contributed by atoms with Crippen molar-refractivity contribution in [2.24, 2.45) is 0 Å². The van der Waals surface area contributed by atoms with E-state index in [1.807, 2.05) is 0 Å². The van der Waals surface area contributed by atoms with Gasteiger partial charge in [-0.25, -0.2) is 8.78 Å². The highest BCUT2D eigenvalue weighted by molar-refractivity contribution is 5.87. The predicted octanol–water partition coefficient (Wildman–Crippen LogP) is 2.33. The summed E-state index contributed by atoms with van der Waals surface area (Å²) in [6.45, 7) is 4.89. The number of hydrogen-bond acceptors (Lipinski definition) is 1. The van der Waals surface area contributed by atoms with Crippen LogP contribution in [0.25, 0.3) is 0 Å². The Hall–Kier alpha value is -1.71. The Morgan fingerprint density at radius 1 is 1.53 bits per heavy atom. The Morgan fingerprint density at radius 2 is 2.20 bits per heavy atom. The highest BCUT2D eigenvalue weighted by atomic mass is 19.1. The van der Waals surface area contributed by atoms with Crippen LogP contribution in [0.1, 0.15) is 18.5 Å². The summed E-state index contributed by atoms with van der Waals surface area (Å²) in [6, 6.07) is 2.72. The summed E-state index contributed by atoms with van der Waals surface area (Å²) in [5.74, 6) is -1.71. The lowest BCUT2D eigenvalue weighted by molar-refractivity contribution is -0.117. The number of hydrogen-bond donors (Lipinski definition) is 1. The molecule has 0 fully saturated rings. The monoisotopic (exact) mass is 211 g/mol. The summed E-state index contributed by atoms with van der Waals surface area (Å²) >= 11 is 0. The van der Waals surface area contributed by atoms with Gasteiger partial charge in [0.05, 0.1) is 6.04 Å². The van der Waals surface area contributed by atoms with Crippen molar-refractivity contribution in [2.45, 2.75) is 13.0 Å².